The fraction of sp³-hybridized carbons (Fsp3) is 0.286. The third-order valence-electron chi connectivity index (χ3n) is 3.17. The highest BCUT2D eigenvalue weighted by Gasteiger charge is 2.26. The first-order chi connectivity index (χ1) is 9.17. The second-order valence-corrected chi connectivity index (χ2v) is 7.20. The molecule has 0 bridgehead atoms. The predicted octanol–water partition coefficient (Wildman–Crippen LogP) is 3.05. The standard InChI is InChI=1S/C14H14O3S2/c15-19(16,17-12-8-9-18-10-12)14-7-3-5-11-4-1-2-6-13(11)14/h1-7,12H,8-10H2/t12-/m1/s1. The average molecular weight is 294 g/mol. The Balaban J connectivity index is 2.02. The molecule has 0 radical (unpaired) electrons. The predicted molar refractivity (Wildman–Crippen MR) is 77.9 cm³/mol. The number of benzene rings is 2. The van der Waals surface area contributed by atoms with E-state index in [1.165, 1.54) is 0 Å². The van der Waals surface area contributed by atoms with E-state index in [1.54, 1.807) is 23.9 Å². The van der Waals surface area contributed by atoms with E-state index in [1.807, 2.05) is 30.3 Å². The minimum atomic E-state index is -3.68. The van der Waals surface area contributed by atoms with Gasteiger partial charge in [-0.1, -0.05) is 36.4 Å². The average Bonchev–Trinajstić information content (AvgIpc) is 2.90. The first kappa shape index (κ1) is 13.0. The van der Waals surface area contributed by atoms with Gasteiger partial charge in [0.1, 0.15) is 4.90 Å². The Morgan fingerprint density at radius 1 is 1.11 bits per heavy atom. The van der Waals surface area contributed by atoms with Crippen molar-refractivity contribution in [2.45, 2.75) is 17.4 Å². The van der Waals surface area contributed by atoms with E-state index < -0.39 is 10.1 Å². The first-order valence-electron chi connectivity index (χ1n) is 6.16. The molecular formula is C14H14O3S2. The van der Waals surface area contributed by atoms with E-state index in [0.29, 0.717) is 0 Å². The molecule has 0 aliphatic carbocycles. The zero-order chi connectivity index (χ0) is 13.3. The topological polar surface area (TPSA) is 43.4 Å². The van der Waals surface area contributed by atoms with Gasteiger partial charge in [-0.3, -0.25) is 4.18 Å². The van der Waals surface area contributed by atoms with Gasteiger partial charge in [0.05, 0.1) is 6.10 Å². The van der Waals surface area contributed by atoms with Crippen molar-refractivity contribution in [1.29, 1.82) is 0 Å². The highest BCUT2D eigenvalue weighted by Crippen LogP contribution is 2.28. The summed E-state index contributed by atoms with van der Waals surface area (Å²) in [5.74, 6) is 1.72. The van der Waals surface area contributed by atoms with Crippen LogP contribution in [-0.2, 0) is 14.3 Å². The van der Waals surface area contributed by atoms with Gasteiger partial charge in [0, 0.05) is 11.1 Å². The maximum Gasteiger partial charge on any atom is 0.297 e. The fourth-order valence-corrected chi connectivity index (χ4v) is 4.74. The van der Waals surface area contributed by atoms with Crippen LogP contribution in [0.3, 0.4) is 0 Å². The molecule has 0 spiro atoms. The van der Waals surface area contributed by atoms with Crippen LogP contribution in [0.1, 0.15) is 6.42 Å². The summed E-state index contributed by atoms with van der Waals surface area (Å²) in [6, 6.07) is 12.7. The molecule has 1 atom stereocenters. The number of hydrogen-bond acceptors (Lipinski definition) is 4. The first-order valence-corrected chi connectivity index (χ1v) is 8.72. The van der Waals surface area contributed by atoms with Crippen LogP contribution in [0.15, 0.2) is 47.4 Å². The van der Waals surface area contributed by atoms with Crippen LogP contribution in [0.25, 0.3) is 10.8 Å². The van der Waals surface area contributed by atoms with Crippen molar-refractivity contribution in [2.24, 2.45) is 0 Å². The van der Waals surface area contributed by atoms with E-state index in [9.17, 15) is 8.42 Å². The molecule has 0 aromatic heterocycles. The molecular weight excluding hydrogens is 280 g/mol. The van der Waals surface area contributed by atoms with Crippen LogP contribution in [0.2, 0.25) is 0 Å². The van der Waals surface area contributed by atoms with Gasteiger partial charge in [-0.05, 0) is 23.6 Å². The molecule has 1 fully saturated rings. The van der Waals surface area contributed by atoms with Crippen LogP contribution in [0, 0.1) is 0 Å². The van der Waals surface area contributed by atoms with Gasteiger partial charge in [-0.2, -0.15) is 20.2 Å². The summed E-state index contributed by atoms with van der Waals surface area (Å²) in [4.78, 5) is 0.266. The van der Waals surface area contributed by atoms with Gasteiger partial charge in [0.15, 0.2) is 0 Å². The monoisotopic (exact) mass is 294 g/mol. The number of rotatable bonds is 3. The molecule has 100 valence electrons. The van der Waals surface area contributed by atoms with Gasteiger partial charge in [-0.15, -0.1) is 0 Å². The minimum absolute atomic E-state index is 0.186. The van der Waals surface area contributed by atoms with Crippen molar-refractivity contribution < 1.29 is 12.6 Å². The van der Waals surface area contributed by atoms with Crippen molar-refractivity contribution in [2.75, 3.05) is 11.5 Å². The van der Waals surface area contributed by atoms with E-state index in [4.69, 9.17) is 4.18 Å². The molecule has 0 amide bonds. The van der Waals surface area contributed by atoms with E-state index in [0.717, 1.165) is 28.7 Å². The quantitative estimate of drug-likeness (QED) is 0.816. The molecule has 1 saturated heterocycles. The number of thioether (sulfide) groups is 1. The number of fused-ring (bicyclic) bond motifs is 1. The van der Waals surface area contributed by atoms with Crippen LogP contribution >= 0.6 is 11.8 Å². The molecule has 2 aromatic carbocycles. The van der Waals surface area contributed by atoms with Crippen LogP contribution in [0.4, 0.5) is 0 Å². The summed E-state index contributed by atoms with van der Waals surface area (Å²) in [5, 5.41) is 1.63. The Bertz CT molecular complexity index is 683. The van der Waals surface area contributed by atoms with E-state index in [2.05, 4.69) is 0 Å². The van der Waals surface area contributed by atoms with Crippen molar-refractivity contribution in [3.63, 3.8) is 0 Å². The molecule has 2 aromatic rings. The highest BCUT2D eigenvalue weighted by atomic mass is 32.2. The summed E-state index contributed by atoms with van der Waals surface area (Å²) in [6.07, 6.45) is 0.614. The summed E-state index contributed by atoms with van der Waals surface area (Å²) >= 11 is 1.73. The maximum atomic E-state index is 12.4. The van der Waals surface area contributed by atoms with E-state index >= 15 is 0 Å². The van der Waals surface area contributed by atoms with Gasteiger partial charge in [0.2, 0.25) is 0 Å². The molecule has 0 N–H and O–H groups in total. The maximum absolute atomic E-state index is 12.4. The Morgan fingerprint density at radius 2 is 1.89 bits per heavy atom. The summed E-state index contributed by atoms with van der Waals surface area (Å²) in [6.45, 7) is 0. The second-order valence-electron chi connectivity index (χ2n) is 4.51. The largest absolute Gasteiger partial charge is 0.297 e. The molecule has 1 aliphatic heterocycles. The van der Waals surface area contributed by atoms with Gasteiger partial charge >= 0.3 is 0 Å². The molecule has 3 nitrogen and oxygen atoms in total. The third-order valence-corrected chi connectivity index (χ3v) is 5.72. The molecule has 5 heteroatoms. The lowest BCUT2D eigenvalue weighted by molar-refractivity contribution is 0.236. The molecule has 0 saturated carbocycles. The summed E-state index contributed by atoms with van der Waals surface area (Å²) in [5.41, 5.74) is 0. The Kier molecular flexibility index (Phi) is 3.52. The molecule has 1 heterocycles. The lowest BCUT2D eigenvalue weighted by Gasteiger charge is -2.12. The van der Waals surface area contributed by atoms with Crippen LogP contribution in [0.5, 0.6) is 0 Å². The normalized spacial score (nSPS) is 19.9. The smallest absolute Gasteiger partial charge is 0.262 e. The third kappa shape index (κ3) is 2.63. The van der Waals surface area contributed by atoms with Crippen molar-refractivity contribution in [3.8, 4) is 0 Å². The zero-order valence-electron chi connectivity index (χ0n) is 10.3. The fourth-order valence-electron chi connectivity index (χ4n) is 2.23. The van der Waals surface area contributed by atoms with E-state index in [-0.39, 0.29) is 11.0 Å². The lowest BCUT2D eigenvalue weighted by Crippen LogP contribution is -2.18. The minimum Gasteiger partial charge on any atom is -0.262 e. The van der Waals surface area contributed by atoms with Crippen molar-refractivity contribution in [1.82, 2.24) is 0 Å². The van der Waals surface area contributed by atoms with Gasteiger partial charge < -0.3 is 0 Å². The number of hydrogen-bond donors (Lipinski definition) is 0. The summed E-state index contributed by atoms with van der Waals surface area (Å²) in [7, 11) is -3.68. The molecule has 19 heavy (non-hydrogen) atoms. The zero-order valence-corrected chi connectivity index (χ0v) is 11.9. The summed E-state index contributed by atoms with van der Waals surface area (Å²) < 4.78 is 30.1. The van der Waals surface area contributed by atoms with Crippen LogP contribution < -0.4 is 0 Å². The van der Waals surface area contributed by atoms with Gasteiger partial charge in [-0.25, -0.2) is 0 Å². The lowest BCUT2D eigenvalue weighted by atomic mass is 10.1. The van der Waals surface area contributed by atoms with Crippen molar-refractivity contribution in [3.05, 3.63) is 42.5 Å². The Morgan fingerprint density at radius 3 is 2.68 bits per heavy atom. The molecule has 0 unspecified atom stereocenters. The Hall–Kier alpha value is -1.04. The molecule has 1 aliphatic rings. The Labute approximate surface area is 117 Å². The highest BCUT2D eigenvalue weighted by molar-refractivity contribution is 7.99. The van der Waals surface area contributed by atoms with Crippen LogP contribution in [-0.4, -0.2) is 26.0 Å². The van der Waals surface area contributed by atoms with Gasteiger partial charge in [0.25, 0.3) is 10.1 Å². The molecule has 3 rings (SSSR count). The SMILES string of the molecule is O=S(=O)(O[C@@H]1CCSC1)c1cccc2ccccc12. The second kappa shape index (κ2) is 5.15. The van der Waals surface area contributed by atoms with Crippen molar-refractivity contribution >= 4 is 32.7 Å².